The SMILES string of the molecule is COc1cccc(-c2cnc(N(C)C)nc2[C@H]2CCCN(C(=O)c3cc(C(C)C)[nH]n3)C2)c1. The van der Waals surface area contributed by atoms with Gasteiger partial charge in [-0.3, -0.25) is 9.89 Å². The predicted octanol–water partition coefficient (Wildman–Crippen LogP) is 4.08. The highest BCUT2D eigenvalue weighted by atomic mass is 16.5. The summed E-state index contributed by atoms with van der Waals surface area (Å²) in [7, 11) is 5.53. The van der Waals surface area contributed by atoms with Crippen LogP contribution in [0.2, 0.25) is 0 Å². The van der Waals surface area contributed by atoms with E-state index in [9.17, 15) is 4.79 Å². The molecule has 8 nitrogen and oxygen atoms in total. The molecule has 0 spiro atoms. The molecule has 1 N–H and O–H groups in total. The van der Waals surface area contributed by atoms with Crippen LogP contribution in [-0.2, 0) is 0 Å². The molecule has 4 rings (SSSR count). The van der Waals surface area contributed by atoms with E-state index in [1.807, 2.05) is 60.4 Å². The number of H-pyrrole nitrogens is 1. The van der Waals surface area contributed by atoms with Gasteiger partial charge in [0.1, 0.15) is 11.4 Å². The van der Waals surface area contributed by atoms with Crippen molar-refractivity contribution >= 4 is 11.9 Å². The molecule has 0 aliphatic carbocycles. The summed E-state index contributed by atoms with van der Waals surface area (Å²) in [5, 5.41) is 7.26. The van der Waals surface area contributed by atoms with Crippen LogP contribution in [0, 0.1) is 0 Å². The summed E-state index contributed by atoms with van der Waals surface area (Å²) in [5.41, 5.74) is 4.39. The zero-order valence-corrected chi connectivity index (χ0v) is 20.0. The van der Waals surface area contributed by atoms with Crippen LogP contribution in [0.1, 0.15) is 60.4 Å². The van der Waals surface area contributed by atoms with Crippen LogP contribution >= 0.6 is 0 Å². The van der Waals surface area contributed by atoms with Gasteiger partial charge in [0.2, 0.25) is 5.95 Å². The Morgan fingerprint density at radius 3 is 2.79 bits per heavy atom. The number of benzene rings is 1. The molecule has 2 aromatic heterocycles. The third-order valence-corrected chi connectivity index (χ3v) is 6.12. The second-order valence-corrected chi connectivity index (χ2v) is 9.05. The number of piperidine rings is 1. The number of hydrogen-bond donors (Lipinski definition) is 1. The molecule has 0 saturated carbocycles. The van der Waals surface area contributed by atoms with Crippen molar-refractivity contribution < 1.29 is 9.53 Å². The maximum atomic E-state index is 13.2. The molecule has 0 radical (unpaired) electrons. The molecule has 8 heteroatoms. The second-order valence-electron chi connectivity index (χ2n) is 9.05. The third kappa shape index (κ3) is 4.84. The first-order chi connectivity index (χ1) is 15.9. The van der Waals surface area contributed by atoms with E-state index in [1.165, 1.54) is 0 Å². The van der Waals surface area contributed by atoms with Crippen molar-refractivity contribution in [2.75, 3.05) is 39.2 Å². The number of aromatic amines is 1. The van der Waals surface area contributed by atoms with Gasteiger partial charge in [-0.05, 0) is 42.5 Å². The van der Waals surface area contributed by atoms with Gasteiger partial charge in [-0.2, -0.15) is 5.10 Å². The van der Waals surface area contributed by atoms with Crippen LogP contribution in [0.5, 0.6) is 5.75 Å². The Balaban J connectivity index is 1.66. The van der Waals surface area contributed by atoms with Gasteiger partial charge in [0, 0.05) is 50.6 Å². The first-order valence-electron chi connectivity index (χ1n) is 11.4. The molecule has 1 aliphatic rings. The summed E-state index contributed by atoms with van der Waals surface area (Å²) in [6, 6.07) is 9.81. The van der Waals surface area contributed by atoms with Crippen LogP contribution in [0.3, 0.4) is 0 Å². The van der Waals surface area contributed by atoms with E-state index >= 15 is 0 Å². The highest BCUT2D eigenvalue weighted by Crippen LogP contribution is 2.35. The third-order valence-electron chi connectivity index (χ3n) is 6.12. The van der Waals surface area contributed by atoms with Crippen molar-refractivity contribution in [2.24, 2.45) is 0 Å². The van der Waals surface area contributed by atoms with Crippen molar-refractivity contribution in [1.29, 1.82) is 0 Å². The average molecular weight is 449 g/mol. The molecule has 0 bridgehead atoms. The van der Waals surface area contributed by atoms with E-state index < -0.39 is 0 Å². The maximum absolute atomic E-state index is 13.2. The molecular formula is C25H32N6O2. The van der Waals surface area contributed by atoms with Crippen LogP contribution in [-0.4, -0.2) is 65.3 Å². The summed E-state index contributed by atoms with van der Waals surface area (Å²) in [6.07, 6.45) is 3.76. The number of carbonyl (C=O) groups is 1. The summed E-state index contributed by atoms with van der Waals surface area (Å²) in [4.78, 5) is 26.5. The molecule has 1 atom stereocenters. The van der Waals surface area contributed by atoms with Crippen LogP contribution in [0.15, 0.2) is 36.5 Å². The molecule has 33 heavy (non-hydrogen) atoms. The monoisotopic (exact) mass is 448 g/mol. The van der Waals surface area contributed by atoms with Crippen molar-refractivity contribution in [3.05, 3.63) is 53.6 Å². The normalized spacial score (nSPS) is 16.2. The van der Waals surface area contributed by atoms with E-state index in [4.69, 9.17) is 9.72 Å². The molecule has 1 amide bonds. The number of carbonyl (C=O) groups excluding carboxylic acids is 1. The number of anilines is 1. The molecule has 0 unspecified atom stereocenters. The number of nitrogens with one attached hydrogen (secondary N) is 1. The number of amides is 1. The molecule has 1 fully saturated rings. The summed E-state index contributed by atoms with van der Waals surface area (Å²) >= 11 is 0. The lowest BCUT2D eigenvalue weighted by Gasteiger charge is -2.33. The molecule has 1 aromatic carbocycles. The molecule has 1 saturated heterocycles. The average Bonchev–Trinajstić information content (AvgIpc) is 3.34. The first-order valence-corrected chi connectivity index (χ1v) is 11.4. The van der Waals surface area contributed by atoms with Gasteiger partial charge in [-0.1, -0.05) is 26.0 Å². The highest BCUT2D eigenvalue weighted by molar-refractivity contribution is 5.92. The minimum absolute atomic E-state index is 0.0346. The standard InChI is InChI=1S/C25H32N6O2/c1-16(2)21-13-22(29-28-21)24(32)31-11-7-9-18(15-31)23-20(14-26-25(27-23)30(3)4)17-8-6-10-19(12-17)33-5/h6,8,10,12-14,16,18H,7,9,11,15H2,1-5H3,(H,28,29)/t18-/m0/s1. The van der Waals surface area contributed by atoms with Crippen molar-refractivity contribution in [3.8, 4) is 16.9 Å². The van der Waals surface area contributed by atoms with Gasteiger partial charge in [0.05, 0.1) is 12.8 Å². The van der Waals surface area contributed by atoms with Gasteiger partial charge in [0.25, 0.3) is 5.91 Å². The Kier molecular flexibility index (Phi) is 6.62. The van der Waals surface area contributed by atoms with E-state index in [-0.39, 0.29) is 11.8 Å². The maximum Gasteiger partial charge on any atom is 0.274 e. The van der Waals surface area contributed by atoms with Gasteiger partial charge < -0.3 is 14.5 Å². The number of methoxy groups -OCH3 is 1. The van der Waals surface area contributed by atoms with E-state index in [1.54, 1.807) is 7.11 Å². The van der Waals surface area contributed by atoms with E-state index in [0.29, 0.717) is 24.1 Å². The van der Waals surface area contributed by atoms with Crippen molar-refractivity contribution in [3.63, 3.8) is 0 Å². The van der Waals surface area contributed by atoms with Gasteiger partial charge in [-0.15, -0.1) is 0 Å². The van der Waals surface area contributed by atoms with Crippen LogP contribution < -0.4 is 9.64 Å². The topological polar surface area (TPSA) is 87.2 Å². The minimum atomic E-state index is -0.0346. The van der Waals surface area contributed by atoms with Crippen molar-refractivity contribution in [1.82, 2.24) is 25.1 Å². The zero-order valence-electron chi connectivity index (χ0n) is 20.0. The highest BCUT2D eigenvalue weighted by Gasteiger charge is 2.30. The molecule has 1 aliphatic heterocycles. The number of aromatic nitrogens is 4. The lowest BCUT2D eigenvalue weighted by atomic mass is 9.89. The number of hydrogen-bond acceptors (Lipinski definition) is 6. The fourth-order valence-corrected chi connectivity index (χ4v) is 4.21. The first kappa shape index (κ1) is 22.8. The van der Waals surface area contributed by atoms with Crippen LogP contribution in [0.4, 0.5) is 5.95 Å². The van der Waals surface area contributed by atoms with Crippen LogP contribution in [0.25, 0.3) is 11.1 Å². The molecule has 174 valence electrons. The Morgan fingerprint density at radius 1 is 1.27 bits per heavy atom. The Morgan fingerprint density at radius 2 is 2.09 bits per heavy atom. The summed E-state index contributed by atoms with van der Waals surface area (Å²) in [5.74, 6) is 1.81. The van der Waals surface area contributed by atoms with Gasteiger partial charge in [0.15, 0.2) is 0 Å². The van der Waals surface area contributed by atoms with E-state index in [2.05, 4.69) is 29.0 Å². The van der Waals surface area contributed by atoms with E-state index in [0.717, 1.165) is 47.7 Å². The minimum Gasteiger partial charge on any atom is -0.497 e. The lowest BCUT2D eigenvalue weighted by molar-refractivity contribution is 0.0700. The van der Waals surface area contributed by atoms with Gasteiger partial charge in [-0.25, -0.2) is 9.97 Å². The number of rotatable bonds is 6. The Hall–Kier alpha value is -3.42. The lowest BCUT2D eigenvalue weighted by Crippen LogP contribution is -2.39. The molecular weight excluding hydrogens is 416 g/mol. The quantitative estimate of drug-likeness (QED) is 0.611. The Bertz CT molecular complexity index is 1120. The molecule has 3 aromatic rings. The fourth-order valence-electron chi connectivity index (χ4n) is 4.21. The zero-order chi connectivity index (χ0) is 23.5. The molecule has 3 heterocycles. The summed E-state index contributed by atoms with van der Waals surface area (Å²) < 4.78 is 5.43. The number of nitrogens with zero attached hydrogens (tertiary/aromatic N) is 5. The van der Waals surface area contributed by atoms with Crippen molar-refractivity contribution in [2.45, 2.75) is 38.5 Å². The summed E-state index contributed by atoms with van der Waals surface area (Å²) in [6.45, 7) is 5.48. The number of likely N-dealkylation sites (tertiary alicyclic amines) is 1. The number of ether oxygens (including phenoxy) is 1. The Labute approximate surface area is 195 Å². The largest absolute Gasteiger partial charge is 0.497 e. The fraction of sp³-hybridized carbons (Fsp3) is 0.440. The smallest absolute Gasteiger partial charge is 0.274 e. The predicted molar refractivity (Wildman–Crippen MR) is 129 cm³/mol. The van der Waals surface area contributed by atoms with Gasteiger partial charge >= 0.3 is 0 Å². The second kappa shape index (κ2) is 9.60.